The van der Waals surface area contributed by atoms with Crippen LogP contribution >= 0.6 is 0 Å². The first-order valence-electron chi connectivity index (χ1n) is 14.5. The summed E-state index contributed by atoms with van der Waals surface area (Å²) in [5, 5.41) is 0. The highest BCUT2D eigenvalue weighted by molar-refractivity contribution is 7.86. The number of benzene rings is 3. The van der Waals surface area contributed by atoms with Crippen molar-refractivity contribution < 1.29 is 35.9 Å². The molecule has 1 aliphatic rings. The Morgan fingerprint density at radius 3 is 1.89 bits per heavy atom. The molecule has 11 nitrogen and oxygen atoms in total. The highest BCUT2D eigenvalue weighted by atomic mass is 32.2. The zero-order valence-corrected chi connectivity index (χ0v) is 26.0. The van der Waals surface area contributed by atoms with Crippen molar-refractivity contribution in [1.29, 1.82) is 0 Å². The molecule has 0 unspecified atom stereocenters. The minimum absolute atomic E-state index is 0.0482. The minimum atomic E-state index is -4.19. The maximum atomic E-state index is 15.3. The number of ether oxygens (including phenoxy) is 4. The first-order chi connectivity index (χ1) is 22.2. The predicted molar refractivity (Wildman–Crippen MR) is 166 cm³/mol. The van der Waals surface area contributed by atoms with Gasteiger partial charge in [0.2, 0.25) is 0 Å². The van der Waals surface area contributed by atoms with Crippen molar-refractivity contribution in [3.63, 3.8) is 0 Å². The molecule has 0 amide bonds. The lowest BCUT2D eigenvalue weighted by Gasteiger charge is -2.32. The van der Waals surface area contributed by atoms with Crippen LogP contribution < -0.4 is 11.2 Å². The maximum Gasteiger partial charge on any atom is 0.335 e. The van der Waals surface area contributed by atoms with Gasteiger partial charge in [-0.2, -0.15) is 8.42 Å². The van der Waals surface area contributed by atoms with Crippen LogP contribution in [-0.4, -0.2) is 54.9 Å². The molecule has 0 saturated carbocycles. The fraction of sp³-hybridized carbons (Fsp3) is 0.333. The van der Waals surface area contributed by atoms with E-state index in [0.29, 0.717) is 0 Å². The van der Waals surface area contributed by atoms with Crippen molar-refractivity contribution >= 4 is 10.1 Å². The Morgan fingerprint density at radius 2 is 1.35 bits per heavy atom. The molecule has 1 aliphatic heterocycles. The molecule has 1 fully saturated rings. The lowest BCUT2D eigenvalue weighted by Crippen LogP contribution is -2.51. The van der Waals surface area contributed by atoms with Crippen LogP contribution in [0.25, 0.3) is 0 Å². The van der Waals surface area contributed by atoms with E-state index in [4.69, 9.17) is 23.1 Å². The van der Waals surface area contributed by atoms with E-state index in [9.17, 15) is 18.0 Å². The SMILES string of the molecule is CS(=O)(=O)O[C@H]1[C@H](n2ccc(=O)n(COCc3ccccc3)c2=O)O[C@](CF)(COCc2ccccc2)[C@H]1OCc1ccccc1. The van der Waals surface area contributed by atoms with Crippen LogP contribution in [0.5, 0.6) is 0 Å². The molecule has 2 heterocycles. The van der Waals surface area contributed by atoms with E-state index < -0.39 is 58.8 Å². The van der Waals surface area contributed by atoms with Gasteiger partial charge in [-0.3, -0.25) is 13.5 Å². The van der Waals surface area contributed by atoms with Gasteiger partial charge >= 0.3 is 5.69 Å². The summed E-state index contributed by atoms with van der Waals surface area (Å²) in [5.41, 5.74) is -1.07. The lowest BCUT2D eigenvalue weighted by atomic mass is 9.97. The van der Waals surface area contributed by atoms with Gasteiger partial charge in [0, 0.05) is 12.3 Å². The molecule has 0 radical (unpaired) electrons. The molecular weight excluding hydrogens is 619 g/mol. The lowest BCUT2D eigenvalue weighted by molar-refractivity contribution is -0.165. The fourth-order valence-corrected chi connectivity index (χ4v) is 5.80. The van der Waals surface area contributed by atoms with E-state index in [-0.39, 0.29) is 26.4 Å². The van der Waals surface area contributed by atoms with Crippen LogP contribution in [0.3, 0.4) is 0 Å². The molecule has 1 aromatic heterocycles. The van der Waals surface area contributed by atoms with E-state index in [1.165, 1.54) is 0 Å². The smallest absolute Gasteiger partial charge is 0.335 e. The number of halogens is 1. The molecule has 0 spiro atoms. The highest BCUT2D eigenvalue weighted by Crippen LogP contribution is 2.42. The number of nitrogens with zero attached hydrogens (tertiary/aromatic N) is 2. The summed E-state index contributed by atoms with van der Waals surface area (Å²) in [6.07, 6.45) is -2.45. The number of hydrogen-bond acceptors (Lipinski definition) is 9. The Hall–Kier alpha value is -3.98. The number of hydrogen-bond donors (Lipinski definition) is 0. The topological polar surface area (TPSA) is 124 Å². The zero-order chi connectivity index (χ0) is 32.6. The molecule has 0 N–H and O–H groups in total. The van der Waals surface area contributed by atoms with Crippen molar-refractivity contribution in [2.24, 2.45) is 0 Å². The summed E-state index contributed by atoms with van der Waals surface area (Å²) < 4.78 is 71.6. The summed E-state index contributed by atoms with van der Waals surface area (Å²) in [7, 11) is -4.19. The van der Waals surface area contributed by atoms with Crippen LogP contribution in [0.1, 0.15) is 22.9 Å². The molecule has 244 valence electrons. The highest BCUT2D eigenvalue weighted by Gasteiger charge is 2.59. The van der Waals surface area contributed by atoms with Crippen LogP contribution in [0, 0.1) is 0 Å². The normalized spacial score (nSPS) is 21.4. The molecule has 4 atom stereocenters. The van der Waals surface area contributed by atoms with Gasteiger partial charge in [-0.25, -0.2) is 13.8 Å². The van der Waals surface area contributed by atoms with Crippen LogP contribution in [-0.2, 0) is 59.8 Å². The van der Waals surface area contributed by atoms with Gasteiger partial charge in [0.05, 0.1) is 32.7 Å². The minimum Gasteiger partial charge on any atom is -0.374 e. The molecule has 46 heavy (non-hydrogen) atoms. The fourth-order valence-electron chi connectivity index (χ4n) is 5.20. The van der Waals surface area contributed by atoms with Gasteiger partial charge in [-0.1, -0.05) is 91.0 Å². The van der Waals surface area contributed by atoms with E-state index in [2.05, 4.69) is 0 Å². The van der Waals surface area contributed by atoms with E-state index in [1.807, 2.05) is 66.7 Å². The first kappa shape index (κ1) is 33.4. The third kappa shape index (κ3) is 8.23. The molecule has 3 aromatic carbocycles. The Morgan fingerprint density at radius 1 is 0.804 bits per heavy atom. The van der Waals surface area contributed by atoms with Crippen molar-refractivity contribution in [2.75, 3.05) is 19.5 Å². The Bertz CT molecular complexity index is 1790. The molecule has 5 rings (SSSR count). The molecule has 13 heteroatoms. The first-order valence-corrected chi connectivity index (χ1v) is 16.3. The van der Waals surface area contributed by atoms with Gasteiger partial charge < -0.3 is 18.9 Å². The third-order valence-corrected chi connectivity index (χ3v) is 7.97. The van der Waals surface area contributed by atoms with E-state index >= 15 is 4.39 Å². The standard InChI is InChI=1S/C33H35FN2O9S/c1-46(39,40)45-29-30(43-21-27-15-9-4-10-16-27)33(22-34,23-41-19-25-11-5-2-6-12-25)44-31(29)35-18-17-28(37)36(32(35)38)24-42-20-26-13-7-3-8-14-26/h2-18,29-31H,19-24H2,1H3/t29-,30+,31-,33-/m1/s1. The Labute approximate surface area is 265 Å². The molecule has 0 bridgehead atoms. The Balaban J connectivity index is 1.49. The van der Waals surface area contributed by atoms with Gasteiger partial charge in [-0.05, 0) is 16.7 Å². The summed E-state index contributed by atoms with van der Waals surface area (Å²) in [5.74, 6) is 0. The summed E-state index contributed by atoms with van der Waals surface area (Å²) in [6.45, 7) is -1.76. The van der Waals surface area contributed by atoms with Crippen molar-refractivity contribution in [1.82, 2.24) is 9.13 Å². The maximum absolute atomic E-state index is 15.3. The summed E-state index contributed by atoms with van der Waals surface area (Å²) in [6, 6.07) is 28.5. The van der Waals surface area contributed by atoms with Crippen molar-refractivity contribution in [3.05, 3.63) is 141 Å². The second kappa shape index (κ2) is 15.1. The van der Waals surface area contributed by atoms with Crippen molar-refractivity contribution in [3.8, 4) is 0 Å². The molecular formula is C33H35FN2O9S. The second-order valence-electron chi connectivity index (χ2n) is 10.9. The average Bonchev–Trinajstić information content (AvgIpc) is 3.34. The zero-order valence-electron chi connectivity index (χ0n) is 25.1. The monoisotopic (exact) mass is 654 g/mol. The van der Waals surface area contributed by atoms with Gasteiger partial charge in [0.15, 0.2) is 17.9 Å². The van der Waals surface area contributed by atoms with E-state index in [0.717, 1.165) is 44.3 Å². The largest absolute Gasteiger partial charge is 0.374 e. The third-order valence-electron chi connectivity index (χ3n) is 7.40. The van der Waals surface area contributed by atoms with Crippen LogP contribution in [0.15, 0.2) is 113 Å². The molecule has 1 saturated heterocycles. The predicted octanol–water partition coefficient (Wildman–Crippen LogP) is 3.57. The number of alkyl halides is 1. The van der Waals surface area contributed by atoms with Gasteiger partial charge in [0.1, 0.15) is 19.5 Å². The van der Waals surface area contributed by atoms with Crippen LogP contribution in [0.4, 0.5) is 4.39 Å². The Kier molecular flexibility index (Phi) is 10.9. The quantitative estimate of drug-likeness (QED) is 0.177. The second-order valence-corrected chi connectivity index (χ2v) is 12.5. The van der Waals surface area contributed by atoms with Gasteiger partial charge in [0.25, 0.3) is 15.7 Å². The van der Waals surface area contributed by atoms with Gasteiger partial charge in [-0.15, -0.1) is 0 Å². The molecule has 0 aliphatic carbocycles. The number of aromatic nitrogens is 2. The van der Waals surface area contributed by atoms with Crippen LogP contribution in [0.2, 0.25) is 0 Å². The summed E-state index contributed by atoms with van der Waals surface area (Å²) in [4.78, 5) is 26.4. The number of rotatable bonds is 15. The van der Waals surface area contributed by atoms with Crippen molar-refractivity contribution in [2.45, 2.75) is 50.6 Å². The summed E-state index contributed by atoms with van der Waals surface area (Å²) >= 11 is 0. The average molecular weight is 655 g/mol. The van der Waals surface area contributed by atoms with E-state index in [1.54, 1.807) is 24.3 Å². The molecule has 4 aromatic rings.